The normalized spacial score (nSPS) is 14.7. The lowest BCUT2D eigenvalue weighted by Gasteiger charge is -2.39. The summed E-state index contributed by atoms with van der Waals surface area (Å²) in [6.07, 6.45) is 4.40. The Kier molecular flexibility index (Phi) is 11.5. The quantitative estimate of drug-likeness (QED) is 0.123. The first-order valence-corrected chi connectivity index (χ1v) is 20.1. The monoisotopic (exact) mass is 733 g/mol. The summed E-state index contributed by atoms with van der Waals surface area (Å²) in [5.41, 5.74) is 3.26. The summed E-state index contributed by atoms with van der Waals surface area (Å²) in [5.74, 6) is 0.548. The SMILES string of the molecule is CN(Cc1nc(CN(C(=O)OC(C)(C)C)C2CCN(Cc3ccccc3)CC2)cn1C(c1ccccc1)(c1ccccc1)c1ccccc1)S(C)(=O)=O. The average Bonchev–Trinajstić information content (AvgIpc) is 3.54. The molecule has 1 aromatic heterocycles. The minimum atomic E-state index is -3.56. The maximum Gasteiger partial charge on any atom is 0.410 e. The van der Waals surface area contributed by atoms with Crippen LogP contribution in [0.4, 0.5) is 4.79 Å². The van der Waals surface area contributed by atoms with Crippen LogP contribution in [0.2, 0.25) is 0 Å². The number of ether oxygens (including phenoxy) is 1. The molecule has 0 spiro atoms. The zero-order valence-corrected chi connectivity index (χ0v) is 32.2. The molecule has 10 heteroatoms. The number of piperidine rings is 1. The van der Waals surface area contributed by atoms with Crippen molar-refractivity contribution >= 4 is 16.1 Å². The van der Waals surface area contributed by atoms with Crippen molar-refractivity contribution in [1.29, 1.82) is 0 Å². The lowest BCUT2D eigenvalue weighted by Crippen LogP contribution is -2.48. The van der Waals surface area contributed by atoms with Crippen molar-refractivity contribution in [3.05, 3.63) is 161 Å². The van der Waals surface area contributed by atoms with Crippen molar-refractivity contribution in [1.82, 2.24) is 23.7 Å². The zero-order valence-electron chi connectivity index (χ0n) is 31.4. The van der Waals surface area contributed by atoms with Gasteiger partial charge in [-0.1, -0.05) is 121 Å². The number of nitrogens with zero attached hydrogens (tertiary/aromatic N) is 5. The summed E-state index contributed by atoms with van der Waals surface area (Å²) in [4.78, 5) is 23.5. The predicted molar refractivity (Wildman–Crippen MR) is 210 cm³/mol. The zero-order chi connectivity index (χ0) is 37.6. The van der Waals surface area contributed by atoms with Crippen molar-refractivity contribution < 1.29 is 17.9 Å². The van der Waals surface area contributed by atoms with E-state index in [4.69, 9.17) is 9.72 Å². The van der Waals surface area contributed by atoms with Crippen molar-refractivity contribution in [2.45, 2.75) is 70.4 Å². The minimum Gasteiger partial charge on any atom is -0.444 e. The fourth-order valence-corrected chi connectivity index (χ4v) is 7.64. The Bertz CT molecular complexity index is 1950. The summed E-state index contributed by atoms with van der Waals surface area (Å²) >= 11 is 0. The molecule has 53 heavy (non-hydrogen) atoms. The molecule has 1 fully saturated rings. The summed E-state index contributed by atoms with van der Waals surface area (Å²) in [6.45, 7) is 8.43. The van der Waals surface area contributed by atoms with Gasteiger partial charge in [0.1, 0.15) is 17.0 Å². The summed E-state index contributed by atoms with van der Waals surface area (Å²) in [5, 5.41) is 0. The second kappa shape index (κ2) is 16.1. The molecular weight excluding hydrogens is 683 g/mol. The fraction of sp³-hybridized carbons (Fsp3) is 0.349. The van der Waals surface area contributed by atoms with E-state index in [0.29, 0.717) is 11.5 Å². The van der Waals surface area contributed by atoms with E-state index >= 15 is 0 Å². The Morgan fingerprint density at radius 2 is 1.25 bits per heavy atom. The van der Waals surface area contributed by atoms with Crippen molar-refractivity contribution in [2.24, 2.45) is 0 Å². The van der Waals surface area contributed by atoms with Gasteiger partial charge in [-0.3, -0.25) is 9.80 Å². The first-order chi connectivity index (χ1) is 25.3. The Hall–Kier alpha value is -4.77. The van der Waals surface area contributed by atoms with Gasteiger partial charge in [-0.25, -0.2) is 18.2 Å². The van der Waals surface area contributed by atoms with Crippen molar-refractivity contribution in [2.75, 3.05) is 26.4 Å². The Morgan fingerprint density at radius 3 is 1.70 bits per heavy atom. The number of rotatable bonds is 12. The molecule has 0 aliphatic carbocycles. The second-order valence-electron chi connectivity index (χ2n) is 14.9. The molecule has 0 unspecified atom stereocenters. The Balaban J connectivity index is 1.46. The number of benzene rings is 4. The van der Waals surface area contributed by atoms with E-state index in [2.05, 4.69) is 70.1 Å². The summed E-state index contributed by atoms with van der Waals surface area (Å²) < 4.78 is 35.2. The van der Waals surface area contributed by atoms with Gasteiger partial charge in [-0.15, -0.1) is 0 Å². The maximum absolute atomic E-state index is 14.1. The minimum absolute atomic E-state index is 0.0252. The number of hydrogen-bond acceptors (Lipinski definition) is 6. The number of sulfonamides is 1. The fourth-order valence-electron chi connectivity index (χ4n) is 7.29. The molecule has 0 bridgehead atoms. The van der Waals surface area contributed by atoms with Crippen LogP contribution in [0.5, 0.6) is 0 Å². The van der Waals surface area contributed by atoms with E-state index in [-0.39, 0.29) is 25.2 Å². The van der Waals surface area contributed by atoms with E-state index in [1.165, 1.54) is 16.1 Å². The molecule has 1 saturated heterocycles. The van der Waals surface area contributed by atoms with E-state index in [1.807, 2.05) is 92.5 Å². The highest BCUT2D eigenvalue weighted by Gasteiger charge is 2.41. The number of aromatic nitrogens is 2. The molecule has 6 rings (SSSR count). The van der Waals surface area contributed by atoms with Crippen LogP contribution in [-0.4, -0.2) is 76.2 Å². The summed E-state index contributed by atoms with van der Waals surface area (Å²) in [6, 6.07) is 41.1. The van der Waals surface area contributed by atoms with Gasteiger partial charge >= 0.3 is 6.09 Å². The lowest BCUT2D eigenvalue weighted by molar-refractivity contribution is 0.00507. The standard InChI is InChI=1S/C43H51N5O4S/c1-42(2,3)52-41(49)47(39-26-28-46(29-27-39)30-34-18-10-6-11-19-34)31-38-32-48(40(44-38)33-45(4)53(5,50)51)43(35-20-12-7-13-21-35,36-22-14-8-15-23-36)37-24-16-9-17-25-37/h6-25,32,39H,26-31,33H2,1-5H3. The highest BCUT2D eigenvalue weighted by atomic mass is 32.2. The van der Waals surface area contributed by atoms with Crippen LogP contribution in [-0.2, 0) is 39.9 Å². The molecule has 278 valence electrons. The van der Waals surface area contributed by atoms with Crippen LogP contribution in [0.1, 0.15) is 67.4 Å². The van der Waals surface area contributed by atoms with Crippen LogP contribution in [0.25, 0.3) is 0 Å². The van der Waals surface area contributed by atoms with Crippen molar-refractivity contribution in [3.8, 4) is 0 Å². The van der Waals surface area contributed by atoms with Gasteiger partial charge in [0, 0.05) is 38.9 Å². The molecule has 1 amide bonds. The van der Waals surface area contributed by atoms with E-state index in [1.54, 1.807) is 7.05 Å². The first kappa shape index (κ1) is 38.0. The number of likely N-dealkylation sites (tertiary alicyclic amines) is 1. The van der Waals surface area contributed by atoms with Crippen LogP contribution in [0, 0.1) is 0 Å². The van der Waals surface area contributed by atoms with E-state index < -0.39 is 21.2 Å². The maximum atomic E-state index is 14.1. The third kappa shape index (κ3) is 8.89. The number of carbonyl (C=O) groups is 1. The predicted octanol–water partition coefficient (Wildman–Crippen LogP) is 7.52. The molecule has 0 N–H and O–H groups in total. The number of imidazole rings is 1. The van der Waals surface area contributed by atoms with Crippen molar-refractivity contribution in [3.63, 3.8) is 0 Å². The first-order valence-electron chi connectivity index (χ1n) is 18.3. The van der Waals surface area contributed by atoms with Gasteiger partial charge < -0.3 is 9.30 Å². The molecular formula is C43H51N5O4S. The highest BCUT2D eigenvalue weighted by molar-refractivity contribution is 7.88. The molecule has 9 nitrogen and oxygen atoms in total. The smallest absolute Gasteiger partial charge is 0.410 e. The van der Waals surface area contributed by atoms with Gasteiger partial charge in [0.25, 0.3) is 0 Å². The van der Waals surface area contributed by atoms with Gasteiger partial charge in [0.2, 0.25) is 10.0 Å². The van der Waals surface area contributed by atoms with E-state index in [0.717, 1.165) is 49.2 Å². The van der Waals surface area contributed by atoms with Crippen LogP contribution >= 0.6 is 0 Å². The number of amides is 1. The Morgan fingerprint density at radius 1 is 0.774 bits per heavy atom. The third-order valence-electron chi connectivity index (χ3n) is 9.90. The van der Waals surface area contributed by atoms with Gasteiger partial charge in [0.15, 0.2) is 0 Å². The Labute approximate surface area is 314 Å². The average molecular weight is 734 g/mol. The van der Waals surface area contributed by atoms with Crippen LogP contribution in [0.3, 0.4) is 0 Å². The van der Waals surface area contributed by atoms with Crippen LogP contribution < -0.4 is 0 Å². The number of hydrogen-bond donors (Lipinski definition) is 0. The molecule has 4 aromatic carbocycles. The number of carbonyl (C=O) groups excluding carboxylic acids is 1. The largest absolute Gasteiger partial charge is 0.444 e. The molecule has 1 aliphatic rings. The van der Waals surface area contributed by atoms with E-state index in [9.17, 15) is 13.2 Å². The molecule has 0 radical (unpaired) electrons. The molecule has 1 aliphatic heterocycles. The third-order valence-corrected chi connectivity index (χ3v) is 11.2. The van der Waals surface area contributed by atoms with Gasteiger partial charge in [-0.2, -0.15) is 4.31 Å². The second-order valence-corrected chi connectivity index (χ2v) is 17.0. The molecule has 0 atom stereocenters. The van der Waals surface area contributed by atoms with Gasteiger partial charge in [0.05, 0.1) is 25.0 Å². The molecule has 5 aromatic rings. The molecule has 2 heterocycles. The van der Waals surface area contributed by atoms with Gasteiger partial charge in [-0.05, 0) is 55.9 Å². The lowest BCUT2D eigenvalue weighted by atomic mass is 9.76. The topological polar surface area (TPSA) is 88.0 Å². The highest BCUT2D eigenvalue weighted by Crippen LogP contribution is 2.42. The molecule has 0 saturated carbocycles. The summed E-state index contributed by atoms with van der Waals surface area (Å²) in [7, 11) is -1.99. The van der Waals surface area contributed by atoms with Crippen LogP contribution in [0.15, 0.2) is 128 Å².